The van der Waals surface area contributed by atoms with Crippen molar-refractivity contribution in [2.45, 2.75) is 46.0 Å². The zero-order chi connectivity index (χ0) is 23.2. The summed E-state index contributed by atoms with van der Waals surface area (Å²) >= 11 is 0. The van der Waals surface area contributed by atoms with Crippen LogP contribution in [0.3, 0.4) is 0 Å². The second kappa shape index (κ2) is 14.1. The molecular formula is C26H34O6. The summed E-state index contributed by atoms with van der Waals surface area (Å²) in [5.41, 5.74) is 2.25. The van der Waals surface area contributed by atoms with E-state index in [1.807, 2.05) is 48.5 Å². The average Bonchev–Trinajstić information content (AvgIpc) is 2.81. The number of hydrogen-bond donors (Lipinski definition) is 0. The molecule has 0 atom stereocenters. The van der Waals surface area contributed by atoms with E-state index >= 15 is 0 Å². The molecule has 2 aromatic rings. The number of rotatable bonds is 14. The van der Waals surface area contributed by atoms with Gasteiger partial charge in [-0.15, -0.1) is 0 Å². The van der Waals surface area contributed by atoms with Crippen molar-refractivity contribution in [2.24, 2.45) is 5.92 Å². The smallest absolute Gasteiger partial charge is 0.320 e. The van der Waals surface area contributed by atoms with E-state index in [2.05, 4.69) is 0 Å². The Morgan fingerprint density at radius 2 is 1.22 bits per heavy atom. The molecule has 0 heterocycles. The Morgan fingerprint density at radius 1 is 0.719 bits per heavy atom. The van der Waals surface area contributed by atoms with Gasteiger partial charge in [0.25, 0.3) is 0 Å². The molecule has 0 saturated heterocycles. The van der Waals surface area contributed by atoms with Gasteiger partial charge in [-0.2, -0.15) is 0 Å². The Morgan fingerprint density at radius 3 is 1.72 bits per heavy atom. The molecule has 32 heavy (non-hydrogen) atoms. The second-order valence-electron chi connectivity index (χ2n) is 7.36. The fraction of sp³-hybridized carbons (Fsp3) is 0.462. The molecule has 174 valence electrons. The zero-order valence-corrected chi connectivity index (χ0v) is 19.3. The first-order valence-corrected chi connectivity index (χ1v) is 11.3. The van der Waals surface area contributed by atoms with Crippen molar-refractivity contribution in [2.75, 3.05) is 26.9 Å². The lowest BCUT2D eigenvalue weighted by Crippen LogP contribution is -2.28. The summed E-state index contributed by atoms with van der Waals surface area (Å²) in [4.78, 5) is 24.0. The van der Waals surface area contributed by atoms with Crippen LogP contribution in [-0.4, -0.2) is 38.9 Å². The molecule has 6 nitrogen and oxygen atoms in total. The zero-order valence-electron chi connectivity index (χ0n) is 19.3. The number of methoxy groups -OCH3 is 1. The third-order valence-corrected chi connectivity index (χ3v) is 5.08. The van der Waals surface area contributed by atoms with E-state index in [1.165, 1.54) is 0 Å². The molecule has 0 fully saturated rings. The van der Waals surface area contributed by atoms with Crippen LogP contribution in [0.1, 0.15) is 46.0 Å². The van der Waals surface area contributed by atoms with E-state index in [0.717, 1.165) is 48.3 Å². The lowest BCUT2D eigenvalue weighted by molar-refractivity contribution is -0.161. The van der Waals surface area contributed by atoms with Gasteiger partial charge < -0.3 is 18.9 Å². The van der Waals surface area contributed by atoms with Gasteiger partial charge in [0.05, 0.1) is 26.9 Å². The summed E-state index contributed by atoms with van der Waals surface area (Å²) < 4.78 is 21.0. The molecule has 2 rings (SSSR count). The van der Waals surface area contributed by atoms with Gasteiger partial charge in [-0.05, 0) is 62.1 Å². The van der Waals surface area contributed by atoms with Crippen molar-refractivity contribution in [1.82, 2.24) is 0 Å². The van der Waals surface area contributed by atoms with Crippen LogP contribution >= 0.6 is 0 Å². The SMILES string of the molecule is CCOC(=O)C(CCCCCCOc1ccc(-c2ccc(OC)cc2)cc1)C(=O)OCC. The normalized spacial score (nSPS) is 10.6. The van der Waals surface area contributed by atoms with Gasteiger partial charge in [0.2, 0.25) is 0 Å². The van der Waals surface area contributed by atoms with Crippen molar-refractivity contribution >= 4 is 11.9 Å². The summed E-state index contributed by atoms with van der Waals surface area (Å²) in [5.74, 6) is -0.131. The predicted molar refractivity (Wildman–Crippen MR) is 124 cm³/mol. The number of carbonyl (C=O) groups is 2. The van der Waals surface area contributed by atoms with Crippen LogP contribution in [0.25, 0.3) is 11.1 Å². The third kappa shape index (κ3) is 8.25. The molecule has 0 radical (unpaired) electrons. The lowest BCUT2D eigenvalue weighted by Gasteiger charge is -2.14. The van der Waals surface area contributed by atoms with Gasteiger partial charge >= 0.3 is 11.9 Å². The minimum atomic E-state index is -0.824. The van der Waals surface area contributed by atoms with Gasteiger partial charge in [-0.3, -0.25) is 9.59 Å². The van der Waals surface area contributed by atoms with Crippen molar-refractivity contribution in [3.63, 3.8) is 0 Å². The molecular weight excluding hydrogens is 408 g/mol. The molecule has 0 bridgehead atoms. The largest absolute Gasteiger partial charge is 0.497 e. The van der Waals surface area contributed by atoms with Crippen LogP contribution in [0.4, 0.5) is 0 Å². The minimum Gasteiger partial charge on any atom is -0.497 e. The lowest BCUT2D eigenvalue weighted by atomic mass is 10.0. The third-order valence-electron chi connectivity index (χ3n) is 5.08. The summed E-state index contributed by atoms with van der Waals surface area (Å²) in [6.45, 7) is 4.60. The highest BCUT2D eigenvalue weighted by molar-refractivity contribution is 5.94. The highest BCUT2D eigenvalue weighted by Crippen LogP contribution is 2.24. The maximum absolute atomic E-state index is 12.0. The summed E-state index contributed by atoms with van der Waals surface area (Å²) in [6, 6.07) is 16.0. The Kier molecular flexibility index (Phi) is 11.1. The summed E-state index contributed by atoms with van der Waals surface area (Å²) in [6.07, 6.45) is 3.99. The first-order valence-electron chi connectivity index (χ1n) is 11.3. The molecule has 0 aliphatic heterocycles. The number of benzene rings is 2. The maximum Gasteiger partial charge on any atom is 0.320 e. The number of ether oxygens (including phenoxy) is 4. The molecule has 0 spiro atoms. The molecule has 0 saturated carbocycles. The molecule has 0 unspecified atom stereocenters. The molecule has 0 N–H and O–H groups in total. The molecule has 0 amide bonds. The van der Waals surface area contributed by atoms with Gasteiger partial charge in [0, 0.05) is 0 Å². The maximum atomic E-state index is 12.0. The summed E-state index contributed by atoms with van der Waals surface area (Å²) in [7, 11) is 1.66. The Hall–Kier alpha value is -3.02. The predicted octanol–water partition coefficient (Wildman–Crippen LogP) is 5.43. The van der Waals surface area contributed by atoms with Crippen LogP contribution in [0, 0.1) is 5.92 Å². The van der Waals surface area contributed by atoms with Gasteiger partial charge in [0.1, 0.15) is 11.5 Å². The topological polar surface area (TPSA) is 71.1 Å². The highest BCUT2D eigenvalue weighted by Gasteiger charge is 2.28. The molecule has 2 aromatic carbocycles. The fourth-order valence-electron chi connectivity index (χ4n) is 3.34. The van der Waals surface area contributed by atoms with Crippen molar-refractivity contribution < 1.29 is 28.5 Å². The minimum absolute atomic E-state index is 0.257. The van der Waals surface area contributed by atoms with E-state index in [9.17, 15) is 9.59 Å². The molecule has 6 heteroatoms. The molecule has 0 aliphatic carbocycles. The standard InChI is InChI=1S/C26H34O6/c1-4-30-25(27)24(26(28)31-5-2)10-8-6-7-9-19-32-23-17-13-21(14-18-23)20-11-15-22(29-3)16-12-20/h11-18,24H,4-10,19H2,1-3H3. The van der Waals surface area contributed by atoms with E-state index in [4.69, 9.17) is 18.9 Å². The molecule has 0 aromatic heterocycles. The van der Waals surface area contributed by atoms with Crippen molar-refractivity contribution in [3.8, 4) is 22.6 Å². The monoisotopic (exact) mass is 442 g/mol. The number of carbonyl (C=O) groups excluding carboxylic acids is 2. The molecule has 0 aliphatic rings. The van der Waals surface area contributed by atoms with E-state index < -0.39 is 17.9 Å². The van der Waals surface area contributed by atoms with E-state index in [0.29, 0.717) is 13.0 Å². The van der Waals surface area contributed by atoms with Gasteiger partial charge in [-0.1, -0.05) is 43.5 Å². The van der Waals surface area contributed by atoms with Crippen LogP contribution in [0.5, 0.6) is 11.5 Å². The number of unbranched alkanes of at least 4 members (excludes halogenated alkanes) is 3. The first kappa shape index (κ1) is 25.2. The quantitative estimate of drug-likeness (QED) is 0.221. The first-order chi connectivity index (χ1) is 15.6. The highest BCUT2D eigenvalue weighted by atomic mass is 16.6. The number of hydrogen-bond acceptors (Lipinski definition) is 6. The van der Waals surface area contributed by atoms with Crippen LogP contribution in [-0.2, 0) is 19.1 Å². The van der Waals surface area contributed by atoms with Crippen molar-refractivity contribution in [3.05, 3.63) is 48.5 Å². The Bertz CT molecular complexity index is 795. The Balaban J connectivity index is 1.67. The van der Waals surface area contributed by atoms with Gasteiger partial charge in [-0.25, -0.2) is 0 Å². The van der Waals surface area contributed by atoms with Gasteiger partial charge in [0.15, 0.2) is 5.92 Å². The van der Waals surface area contributed by atoms with Crippen LogP contribution in [0.15, 0.2) is 48.5 Å². The van der Waals surface area contributed by atoms with Crippen molar-refractivity contribution in [1.29, 1.82) is 0 Å². The van der Waals surface area contributed by atoms with Crippen LogP contribution in [0.2, 0.25) is 0 Å². The van der Waals surface area contributed by atoms with Crippen LogP contribution < -0.4 is 9.47 Å². The Labute approximate surface area is 190 Å². The average molecular weight is 443 g/mol. The number of esters is 2. The fourth-order valence-corrected chi connectivity index (χ4v) is 3.34. The van der Waals surface area contributed by atoms with E-state index in [-0.39, 0.29) is 13.2 Å². The second-order valence-corrected chi connectivity index (χ2v) is 7.36. The summed E-state index contributed by atoms with van der Waals surface area (Å²) in [5, 5.41) is 0. The van der Waals surface area contributed by atoms with E-state index in [1.54, 1.807) is 21.0 Å².